The minimum atomic E-state index is -0.0753. The van der Waals surface area contributed by atoms with Crippen molar-refractivity contribution in [3.8, 4) is 0 Å². The predicted molar refractivity (Wildman–Crippen MR) is 92.2 cm³/mol. The van der Waals surface area contributed by atoms with Crippen molar-refractivity contribution in [3.05, 3.63) is 35.1 Å². The molecule has 4 rings (SSSR count). The molecule has 0 bridgehead atoms. The molecule has 0 atom stereocenters. The number of hydrogen-bond donors (Lipinski definition) is 0. The summed E-state index contributed by atoms with van der Waals surface area (Å²) >= 11 is 0. The molecule has 0 N–H and O–H groups in total. The fourth-order valence-electron chi connectivity index (χ4n) is 4.41. The molecule has 1 amide bonds. The van der Waals surface area contributed by atoms with E-state index in [1.54, 1.807) is 6.07 Å². The first-order chi connectivity index (χ1) is 11.7. The number of benzene rings is 1. The molecule has 3 aliphatic rings. The molecule has 1 aromatic rings. The minimum absolute atomic E-state index is 0.0753. The maximum atomic E-state index is 14.4. The third-order valence-corrected chi connectivity index (χ3v) is 6.05. The Hall–Kier alpha value is -1.42. The first-order valence-corrected chi connectivity index (χ1v) is 9.50. The van der Waals surface area contributed by atoms with Gasteiger partial charge in [0.25, 0.3) is 0 Å². The highest BCUT2D eigenvalue weighted by molar-refractivity contribution is 5.80. The summed E-state index contributed by atoms with van der Waals surface area (Å²) in [4.78, 5) is 16.7. The average Bonchev–Trinajstić information content (AvgIpc) is 3.21. The fraction of sp³-hybridized carbons (Fsp3) is 0.650. The monoisotopic (exact) mass is 330 g/mol. The van der Waals surface area contributed by atoms with Crippen LogP contribution in [0.25, 0.3) is 0 Å². The molecule has 4 heteroatoms. The standard InChI is InChI=1S/C20H27FN2O/c21-19-13-15(5-6-16(19)14-22-7-1-2-8-22)17-11-18(12-17)20(24)23-9-3-4-10-23/h5-6,13,17-18H,1-4,7-12,14H2. The van der Waals surface area contributed by atoms with E-state index in [2.05, 4.69) is 11.0 Å². The van der Waals surface area contributed by atoms with E-state index in [1.165, 1.54) is 12.8 Å². The molecule has 24 heavy (non-hydrogen) atoms. The van der Waals surface area contributed by atoms with Gasteiger partial charge in [-0.1, -0.05) is 12.1 Å². The van der Waals surface area contributed by atoms with Crippen LogP contribution >= 0.6 is 0 Å². The zero-order valence-corrected chi connectivity index (χ0v) is 14.3. The van der Waals surface area contributed by atoms with Gasteiger partial charge in [0.2, 0.25) is 5.91 Å². The maximum absolute atomic E-state index is 14.4. The largest absolute Gasteiger partial charge is 0.342 e. The molecule has 0 aromatic heterocycles. The van der Waals surface area contributed by atoms with Crippen molar-refractivity contribution in [3.63, 3.8) is 0 Å². The lowest BCUT2D eigenvalue weighted by atomic mass is 9.70. The zero-order valence-electron chi connectivity index (χ0n) is 14.3. The molecule has 3 fully saturated rings. The van der Waals surface area contributed by atoms with Gasteiger partial charge in [0.1, 0.15) is 5.82 Å². The molecule has 2 heterocycles. The zero-order chi connectivity index (χ0) is 16.5. The van der Waals surface area contributed by atoms with Gasteiger partial charge in [-0.2, -0.15) is 0 Å². The Morgan fingerprint density at radius 2 is 1.71 bits per heavy atom. The smallest absolute Gasteiger partial charge is 0.225 e. The van der Waals surface area contributed by atoms with Gasteiger partial charge in [0.15, 0.2) is 0 Å². The Balaban J connectivity index is 1.34. The van der Waals surface area contributed by atoms with E-state index >= 15 is 0 Å². The lowest BCUT2D eigenvalue weighted by Gasteiger charge is -2.37. The maximum Gasteiger partial charge on any atom is 0.225 e. The van der Waals surface area contributed by atoms with Crippen molar-refractivity contribution in [1.29, 1.82) is 0 Å². The van der Waals surface area contributed by atoms with Crippen LogP contribution in [0.4, 0.5) is 4.39 Å². The normalized spacial score (nSPS) is 27.5. The summed E-state index contributed by atoms with van der Waals surface area (Å²) in [6, 6.07) is 5.75. The SMILES string of the molecule is O=C(C1CC(c2ccc(CN3CCCC3)c(F)c2)C1)N1CCCC1. The third kappa shape index (κ3) is 3.21. The van der Waals surface area contributed by atoms with E-state index in [1.807, 2.05) is 11.0 Å². The number of halogens is 1. The number of amides is 1. The highest BCUT2D eigenvalue weighted by atomic mass is 19.1. The van der Waals surface area contributed by atoms with E-state index in [-0.39, 0.29) is 11.7 Å². The van der Waals surface area contributed by atoms with Crippen molar-refractivity contribution in [1.82, 2.24) is 9.80 Å². The predicted octanol–water partition coefficient (Wildman–Crippen LogP) is 3.54. The molecule has 2 saturated heterocycles. The second-order valence-corrected chi connectivity index (χ2v) is 7.73. The summed E-state index contributed by atoms with van der Waals surface area (Å²) in [5.41, 5.74) is 1.88. The van der Waals surface area contributed by atoms with Crippen LogP contribution in [0.1, 0.15) is 55.6 Å². The van der Waals surface area contributed by atoms with Gasteiger partial charge in [0.05, 0.1) is 0 Å². The Bertz CT molecular complexity index is 600. The van der Waals surface area contributed by atoms with E-state index in [4.69, 9.17) is 0 Å². The fourth-order valence-corrected chi connectivity index (χ4v) is 4.41. The van der Waals surface area contributed by atoms with Gasteiger partial charge < -0.3 is 4.90 Å². The van der Waals surface area contributed by atoms with Crippen molar-refractivity contribution in [2.75, 3.05) is 26.2 Å². The van der Waals surface area contributed by atoms with Gasteiger partial charge in [-0.05, 0) is 69.2 Å². The number of hydrogen-bond acceptors (Lipinski definition) is 2. The topological polar surface area (TPSA) is 23.6 Å². The highest BCUT2D eigenvalue weighted by Gasteiger charge is 2.38. The molecule has 130 valence electrons. The number of likely N-dealkylation sites (tertiary alicyclic amines) is 2. The molecule has 3 nitrogen and oxygen atoms in total. The summed E-state index contributed by atoms with van der Waals surface area (Å²) in [6.45, 7) is 4.76. The molecule has 0 unspecified atom stereocenters. The van der Waals surface area contributed by atoms with Crippen molar-refractivity contribution >= 4 is 5.91 Å². The molecular formula is C20H27FN2O. The molecule has 0 spiro atoms. The van der Waals surface area contributed by atoms with Crippen molar-refractivity contribution in [2.24, 2.45) is 5.92 Å². The van der Waals surface area contributed by atoms with E-state index < -0.39 is 0 Å². The van der Waals surface area contributed by atoms with Gasteiger partial charge in [-0.25, -0.2) is 4.39 Å². The Morgan fingerprint density at radius 1 is 1.04 bits per heavy atom. The molecule has 1 aromatic carbocycles. The Morgan fingerprint density at radius 3 is 2.38 bits per heavy atom. The van der Waals surface area contributed by atoms with Crippen LogP contribution in [-0.2, 0) is 11.3 Å². The molecular weight excluding hydrogens is 303 g/mol. The number of carbonyl (C=O) groups is 1. The molecule has 0 radical (unpaired) electrons. The van der Waals surface area contributed by atoms with Crippen LogP contribution < -0.4 is 0 Å². The number of carbonyl (C=O) groups excluding carboxylic acids is 1. The number of rotatable bonds is 4. The van der Waals surface area contributed by atoms with Crippen LogP contribution in [0.3, 0.4) is 0 Å². The molecule has 1 saturated carbocycles. The second kappa shape index (κ2) is 6.83. The average molecular weight is 330 g/mol. The first kappa shape index (κ1) is 16.1. The van der Waals surface area contributed by atoms with Gasteiger partial charge in [-0.3, -0.25) is 9.69 Å². The summed E-state index contributed by atoms with van der Waals surface area (Å²) in [5.74, 6) is 0.779. The number of nitrogens with zero attached hydrogens (tertiary/aromatic N) is 2. The lowest BCUT2D eigenvalue weighted by Crippen LogP contribution is -2.39. The summed E-state index contributed by atoms with van der Waals surface area (Å²) < 4.78 is 14.4. The van der Waals surface area contributed by atoms with Gasteiger partial charge in [-0.15, -0.1) is 0 Å². The summed E-state index contributed by atoms with van der Waals surface area (Å²) in [7, 11) is 0. The third-order valence-electron chi connectivity index (χ3n) is 6.05. The molecule has 2 aliphatic heterocycles. The van der Waals surface area contributed by atoms with Crippen LogP contribution in [0.2, 0.25) is 0 Å². The van der Waals surface area contributed by atoms with E-state index in [0.29, 0.717) is 11.8 Å². The van der Waals surface area contributed by atoms with Crippen molar-refractivity contribution < 1.29 is 9.18 Å². The van der Waals surface area contributed by atoms with Gasteiger partial charge >= 0.3 is 0 Å². The molecule has 1 aliphatic carbocycles. The highest BCUT2D eigenvalue weighted by Crippen LogP contribution is 2.43. The van der Waals surface area contributed by atoms with Crippen LogP contribution in [-0.4, -0.2) is 41.9 Å². The van der Waals surface area contributed by atoms with Crippen molar-refractivity contribution in [2.45, 2.75) is 51.0 Å². The quantitative estimate of drug-likeness (QED) is 0.843. The van der Waals surface area contributed by atoms with Crippen LogP contribution in [0.5, 0.6) is 0 Å². The Labute approximate surface area is 143 Å². The Kier molecular flexibility index (Phi) is 4.57. The van der Waals surface area contributed by atoms with Gasteiger partial charge in [0, 0.05) is 31.1 Å². The van der Waals surface area contributed by atoms with E-state index in [0.717, 1.165) is 69.5 Å². The summed E-state index contributed by atoms with van der Waals surface area (Å²) in [5, 5.41) is 0. The summed E-state index contributed by atoms with van der Waals surface area (Å²) in [6.07, 6.45) is 6.53. The minimum Gasteiger partial charge on any atom is -0.342 e. The van der Waals surface area contributed by atoms with Crippen LogP contribution in [0.15, 0.2) is 18.2 Å². The first-order valence-electron chi connectivity index (χ1n) is 9.50. The van der Waals surface area contributed by atoms with Crippen LogP contribution in [0, 0.1) is 11.7 Å². The van der Waals surface area contributed by atoms with E-state index in [9.17, 15) is 9.18 Å². The second-order valence-electron chi connectivity index (χ2n) is 7.73. The lowest BCUT2D eigenvalue weighted by molar-refractivity contribution is -0.137.